The van der Waals surface area contributed by atoms with Gasteiger partial charge in [0.1, 0.15) is 11.5 Å². The van der Waals surface area contributed by atoms with Crippen molar-refractivity contribution in [1.29, 1.82) is 0 Å². The number of aromatic nitrogens is 4. The van der Waals surface area contributed by atoms with Gasteiger partial charge in [-0.1, -0.05) is 28.5 Å². The van der Waals surface area contributed by atoms with Gasteiger partial charge in [-0.15, -0.1) is 10.2 Å². The van der Waals surface area contributed by atoms with E-state index in [0.29, 0.717) is 50.7 Å². The first-order valence-corrected chi connectivity index (χ1v) is 9.80. The van der Waals surface area contributed by atoms with E-state index in [2.05, 4.69) is 20.3 Å². The highest BCUT2D eigenvalue weighted by atomic mass is 35.5. The normalized spacial score (nSPS) is 10.9. The summed E-state index contributed by atoms with van der Waals surface area (Å²) in [5.74, 6) is 2.96. The van der Waals surface area contributed by atoms with Crippen molar-refractivity contribution in [1.82, 2.24) is 20.3 Å². The van der Waals surface area contributed by atoms with Crippen LogP contribution in [0.1, 0.15) is 5.82 Å². The minimum atomic E-state index is 0.349. The lowest BCUT2D eigenvalue weighted by Crippen LogP contribution is -1.90. The Labute approximate surface area is 175 Å². The van der Waals surface area contributed by atoms with Gasteiger partial charge < -0.3 is 18.4 Å². The van der Waals surface area contributed by atoms with Crippen LogP contribution in [0.5, 0.6) is 11.5 Å². The molecule has 0 saturated carbocycles. The molecule has 0 amide bonds. The predicted molar refractivity (Wildman–Crippen MR) is 107 cm³/mol. The SMILES string of the molecule is COc1ccc(-c2nnc(SCc3noc(-c4ccc(Cl)cc4)n3)o2)c(OC)c1. The molecule has 0 fully saturated rings. The van der Waals surface area contributed by atoms with Crippen LogP contribution in [0.2, 0.25) is 5.02 Å². The number of hydrogen-bond donors (Lipinski definition) is 0. The summed E-state index contributed by atoms with van der Waals surface area (Å²) in [6.07, 6.45) is 0. The smallest absolute Gasteiger partial charge is 0.277 e. The predicted octanol–water partition coefficient (Wildman–Crippen LogP) is 4.75. The van der Waals surface area contributed by atoms with Crippen molar-refractivity contribution in [3.63, 3.8) is 0 Å². The van der Waals surface area contributed by atoms with Gasteiger partial charge in [0, 0.05) is 16.7 Å². The van der Waals surface area contributed by atoms with Crippen LogP contribution in [0.4, 0.5) is 0 Å². The number of thioether (sulfide) groups is 1. The summed E-state index contributed by atoms with van der Waals surface area (Å²) in [7, 11) is 3.16. The van der Waals surface area contributed by atoms with Crippen molar-refractivity contribution in [2.45, 2.75) is 11.0 Å². The third-order valence-electron chi connectivity index (χ3n) is 3.93. The Morgan fingerprint density at radius 2 is 1.83 bits per heavy atom. The van der Waals surface area contributed by atoms with Crippen LogP contribution in [0.25, 0.3) is 22.9 Å². The minimum absolute atomic E-state index is 0.349. The Balaban J connectivity index is 1.45. The largest absolute Gasteiger partial charge is 0.497 e. The molecule has 0 atom stereocenters. The van der Waals surface area contributed by atoms with Crippen LogP contribution in [0.15, 0.2) is 56.6 Å². The molecule has 148 valence electrons. The number of benzene rings is 2. The summed E-state index contributed by atoms with van der Waals surface area (Å²) >= 11 is 7.20. The molecule has 4 aromatic rings. The molecular weight excluding hydrogens is 416 g/mol. The second-order valence-electron chi connectivity index (χ2n) is 5.75. The van der Waals surface area contributed by atoms with Gasteiger partial charge in [0.05, 0.1) is 25.5 Å². The molecule has 0 radical (unpaired) electrons. The Morgan fingerprint density at radius 3 is 2.59 bits per heavy atom. The van der Waals surface area contributed by atoms with Gasteiger partial charge in [-0.25, -0.2) is 0 Å². The first-order chi connectivity index (χ1) is 14.2. The second kappa shape index (κ2) is 8.54. The zero-order chi connectivity index (χ0) is 20.2. The Hall–Kier alpha value is -3.04. The zero-order valence-corrected chi connectivity index (χ0v) is 17.0. The van der Waals surface area contributed by atoms with Gasteiger partial charge in [0.2, 0.25) is 0 Å². The second-order valence-corrected chi connectivity index (χ2v) is 7.11. The van der Waals surface area contributed by atoms with Crippen LogP contribution >= 0.6 is 23.4 Å². The highest BCUT2D eigenvalue weighted by molar-refractivity contribution is 7.98. The number of methoxy groups -OCH3 is 2. The van der Waals surface area contributed by atoms with E-state index in [1.165, 1.54) is 11.8 Å². The van der Waals surface area contributed by atoms with Crippen molar-refractivity contribution in [2.24, 2.45) is 0 Å². The van der Waals surface area contributed by atoms with Crippen LogP contribution < -0.4 is 9.47 Å². The Morgan fingerprint density at radius 1 is 1.00 bits per heavy atom. The van der Waals surface area contributed by atoms with E-state index in [9.17, 15) is 0 Å². The molecule has 2 heterocycles. The lowest BCUT2D eigenvalue weighted by Gasteiger charge is -2.07. The highest BCUT2D eigenvalue weighted by Crippen LogP contribution is 2.34. The first kappa shape index (κ1) is 19.3. The van der Waals surface area contributed by atoms with Gasteiger partial charge in [-0.05, 0) is 36.4 Å². The summed E-state index contributed by atoms with van der Waals surface area (Å²) < 4.78 is 21.6. The molecule has 0 N–H and O–H groups in total. The third kappa shape index (κ3) is 4.36. The van der Waals surface area contributed by atoms with Crippen LogP contribution in [0.3, 0.4) is 0 Å². The average molecular weight is 431 g/mol. The summed E-state index contributed by atoms with van der Waals surface area (Å²) in [6.45, 7) is 0. The first-order valence-electron chi connectivity index (χ1n) is 8.43. The van der Waals surface area contributed by atoms with E-state index in [4.69, 9.17) is 30.0 Å². The summed E-state index contributed by atoms with van der Waals surface area (Å²) in [6, 6.07) is 12.5. The molecule has 2 aromatic heterocycles. The monoisotopic (exact) mass is 430 g/mol. The molecule has 0 aliphatic carbocycles. The van der Waals surface area contributed by atoms with E-state index in [0.717, 1.165) is 5.56 Å². The number of halogens is 1. The number of nitrogens with zero attached hydrogens (tertiary/aromatic N) is 4. The van der Waals surface area contributed by atoms with E-state index in [-0.39, 0.29) is 0 Å². The van der Waals surface area contributed by atoms with Crippen molar-refractivity contribution in [2.75, 3.05) is 14.2 Å². The highest BCUT2D eigenvalue weighted by Gasteiger charge is 2.16. The van der Waals surface area contributed by atoms with Crippen LogP contribution in [-0.2, 0) is 5.75 Å². The number of ether oxygens (including phenoxy) is 2. The fraction of sp³-hybridized carbons (Fsp3) is 0.158. The maximum atomic E-state index is 5.89. The average Bonchev–Trinajstić information content (AvgIpc) is 3.42. The lowest BCUT2D eigenvalue weighted by molar-refractivity contribution is 0.393. The number of rotatable bonds is 7. The summed E-state index contributed by atoms with van der Waals surface area (Å²) in [4.78, 5) is 4.37. The maximum Gasteiger partial charge on any atom is 0.277 e. The molecule has 0 bridgehead atoms. The van der Waals surface area contributed by atoms with Gasteiger partial charge in [0.15, 0.2) is 5.82 Å². The van der Waals surface area contributed by atoms with Gasteiger partial charge >= 0.3 is 0 Å². The quantitative estimate of drug-likeness (QED) is 0.384. The fourth-order valence-electron chi connectivity index (χ4n) is 2.50. The molecule has 0 saturated heterocycles. The molecule has 0 aliphatic heterocycles. The van der Waals surface area contributed by atoms with Crippen molar-refractivity contribution in [3.8, 4) is 34.4 Å². The molecule has 8 nitrogen and oxygen atoms in total. The van der Waals surface area contributed by atoms with Crippen LogP contribution in [-0.4, -0.2) is 34.6 Å². The van der Waals surface area contributed by atoms with Crippen molar-refractivity contribution >= 4 is 23.4 Å². The van der Waals surface area contributed by atoms with Crippen molar-refractivity contribution in [3.05, 3.63) is 53.3 Å². The third-order valence-corrected chi connectivity index (χ3v) is 5.00. The van der Waals surface area contributed by atoms with E-state index >= 15 is 0 Å². The van der Waals surface area contributed by atoms with Crippen molar-refractivity contribution < 1.29 is 18.4 Å². The summed E-state index contributed by atoms with van der Waals surface area (Å²) in [5.41, 5.74) is 1.47. The molecule has 0 aliphatic rings. The Kier molecular flexibility index (Phi) is 5.68. The number of hydrogen-bond acceptors (Lipinski definition) is 9. The standard InChI is InChI=1S/C19H15ClN4O4S/c1-25-13-7-8-14(15(9-13)26-2)18-22-23-19(27-18)29-10-16-21-17(28-24-16)11-3-5-12(20)6-4-11/h3-9H,10H2,1-2H3. The van der Waals surface area contributed by atoms with Gasteiger partial charge in [0.25, 0.3) is 17.0 Å². The van der Waals surface area contributed by atoms with E-state index < -0.39 is 0 Å². The Bertz CT molecular complexity index is 1110. The molecule has 0 unspecified atom stereocenters. The zero-order valence-electron chi connectivity index (χ0n) is 15.5. The van der Waals surface area contributed by atoms with E-state index in [1.807, 2.05) is 12.1 Å². The lowest BCUT2D eigenvalue weighted by atomic mass is 10.2. The molecule has 0 spiro atoms. The topological polar surface area (TPSA) is 96.3 Å². The molecular formula is C19H15ClN4O4S. The van der Waals surface area contributed by atoms with Crippen LogP contribution in [0, 0.1) is 0 Å². The minimum Gasteiger partial charge on any atom is -0.497 e. The maximum absolute atomic E-state index is 5.89. The molecule has 29 heavy (non-hydrogen) atoms. The summed E-state index contributed by atoms with van der Waals surface area (Å²) in [5, 5.41) is 13.2. The van der Waals surface area contributed by atoms with E-state index in [1.54, 1.807) is 44.6 Å². The molecule has 10 heteroatoms. The van der Waals surface area contributed by atoms with Gasteiger partial charge in [-0.2, -0.15) is 4.98 Å². The molecule has 4 rings (SSSR count). The molecule has 2 aromatic carbocycles. The fourth-order valence-corrected chi connectivity index (χ4v) is 3.23. The van der Waals surface area contributed by atoms with Gasteiger partial charge in [-0.3, -0.25) is 0 Å².